The molecule has 0 aliphatic rings. The van der Waals surface area contributed by atoms with Crippen LogP contribution in [0.5, 0.6) is 0 Å². The number of carbonyl (C=O) groups excluding carboxylic acids is 2. The minimum absolute atomic E-state index is 0.0352. The SMILES string of the molecule is CC(C)(C)NC(=O)c1ccc(NC(=O)CCCCCl)cc1. The van der Waals surface area contributed by atoms with Crippen molar-refractivity contribution in [2.24, 2.45) is 0 Å². The van der Waals surface area contributed by atoms with Gasteiger partial charge in [0.2, 0.25) is 5.91 Å². The summed E-state index contributed by atoms with van der Waals surface area (Å²) < 4.78 is 0. The average Bonchev–Trinajstić information content (AvgIpc) is 2.38. The largest absolute Gasteiger partial charge is 0.347 e. The third-order valence-corrected chi connectivity index (χ3v) is 2.97. The van der Waals surface area contributed by atoms with E-state index in [4.69, 9.17) is 11.6 Å². The summed E-state index contributed by atoms with van der Waals surface area (Å²) in [6, 6.07) is 6.87. The molecule has 0 aliphatic carbocycles. The summed E-state index contributed by atoms with van der Waals surface area (Å²) >= 11 is 5.57. The van der Waals surface area contributed by atoms with E-state index in [0.29, 0.717) is 23.6 Å². The van der Waals surface area contributed by atoms with Crippen molar-refractivity contribution in [3.63, 3.8) is 0 Å². The number of benzene rings is 1. The number of carbonyl (C=O) groups is 2. The zero-order valence-electron chi connectivity index (χ0n) is 12.8. The van der Waals surface area contributed by atoms with E-state index in [1.54, 1.807) is 24.3 Å². The average molecular weight is 311 g/mol. The summed E-state index contributed by atoms with van der Waals surface area (Å²) in [4.78, 5) is 23.6. The molecule has 1 aromatic carbocycles. The van der Waals surface area contributed by atoms with E-state index in [9.17, 15) is 9.59 Å². The van der Waals surface area contributed by atoms with E-state index in [0.717, 1.165) is 12.8 Å². The fourth-order valence-electron chi connectivity index (χ4n) is 1.72. The van der Waals surface area contributed by atoms with Crippen molar-refractivity contribution in [3.05, 3.63) is 29.8 Å². The summed E-state index contributed by atoms with van der Waals surface area (Å²) in [5.74, 6) is 0.416. The van der Waals surface area contributed by atoms with Gasteiger partial charge in [-0.3, -0.25) is 9.59 Å². The highest BCUT2D eigenvalue weighted by atomic mass is 35.5. The quantitative estimate of drug-likeness (QED) is 0.623. The number of hydrogen-bond acceptors (Lipinski definition) is 2. The van der Waals surface area contributed by atoms with E-state index in [-0.39, 0.29) is 17.4 Å². The van der Waals surface area contributed by atoms with E-state index in [1.807, 2.05) is 20.8 Å². The maximum atomic E-state index is 12.0. The first-order valence-corrected chi connectivity index (χ1v) is 7.63. The molecule has 21 heavy (non-hydrogen) atoms. The normalized spacial score (nSPS) is 11.0. The second kappa shape index (κ2) is 8.03. The highest BCUT2D eigenvalue weighted by Gasteiger charge is 2.15. The van der Waals surface area contributed by atoms with Crippen LogP contribution in [0, 0.1) is 0 Å². The van der Waals surface area contributed by atoms with Gasteiger partial charge in [-0.05, 0) is 57.9 Å². The van der Waals surface area contributed by atoms with Gasteiger partial charge in [0.05, 0.1) is 0 Å². The first-order valence-electron chi connectivity index (χ1n) is 7.10. The minimum atomic E-state index is -0.271. The molecule has 0 heterocycles. The Balaban J connectivity index is 2.54. The highest BCUT2D eigenvalue weighted by Crippen LogP contribution is 2.12. The van der Waals surface area contributed by atoms with Crippen molar-refractivity contribution in [2.75, 3.05) is 11.2 Å². The van der Waals surface area contributed by atoms with E-state index >= 15 is 0 Å². The predicted octanol–water partition coefficient (Wildman–Crippen LogP) is 3.56. The molecule has 2 N–H and O–H groups in total. The number of anilines is 1. The number of hydrogen-bond donors (Lipinski definition) is 2. The molecule has 5 heteroatoms. The Morgan fingerprint density at radius 2 is 1.71 bits per heavy atom. The fraction of sp³-hybridized carbons (Fsp3) is 0.500. The zero-order chi connectivity index (χ0) is 15.9. The van der Waals surface area contributed by atoms with Gasteiger partial charge in [0, 0.05) is 29.1 Å². The molecular weight excluding hydrogens is 288 g/mol. The molecule has 0 unspecified atom stereocenters. The molecule has 4 nitrogen and oxygen atoms in total. The lowest BCUT2D eigenvalue weighted by Crippen LogP contribution is -2.40. The summed E-state index contributed by atoms with van der Waals surface area (Å²) in [7, 11) is 0. The Morgan fingerprint density at radius 3 is 2.24 bits per heavy atom. The van der Waals surface area contributed by atoms with E-state index < -0.39 is 0 Å². The number of alkyl halides is 1. The summed E-state index contributed by atoms with van der Waals surface area (Å²) in [5.41, 5.74) is 0.995. The van der Waals surface area contributed by atoms with Crippen molar-refractivity contribution in [1.82, 2.24) is 5.32 Å². The Morgan fingerprint density at radius 1 is 1.10 bits per heavy atom. The molecule has 0 saturated heterocycles. The third-order valence-electron chi connectivity index (χ3n) is 2.71. The molecule has 0 spiro atoms. The predicted molar refractivity (Wildman–Crippen MR) is 86.9 cm³/mol. The summed E-state index contributed by atoms with van der Waals surface area (Å²) in [5, 5.41) is 5.69. The highest BCUT2D eigenvalue weighted by molar-refractivity contribution is 6.17. The van der Waals surface area contributed by atoms with Crippen LogP contribution < -0.4 is 10.6 Å². The molecule has 0 aliphatic heterocycles. The lowest BCUT2D eigenvalue weighted by Gasteiger charge is -2.20. The molecule has 0 aromatic heterocycles. The van der Waals surface area contributed by atoms with Gasteiger partial charge in [-0.2, -0.15) is 0 Å². The maximum absolute atomic E-state index is 12.0. The van der Waals surface area contributed by atoms with Crippen LogP contribution in [-0.4, -0.2) is 23.2 Å². The molecule has 0 saturated carbocycles. The molecule has 2 amide bonds. The molecule has 0 bridgehead atoms. The van der Waals surface area contributed by atoms with Crippen LogP contribution in [-0.2, 0) is 4.79 Å². The summed E-state index contributed by atoms with van der Waals surface area (Å²) in [6.07, 6.45) is 2.07. The van der Waals surface area contributed by atoms with Crippen LogP contribution in [0.2, 0.25) is 0 Å². The zero-order valence-corrected chi connectivity index (χ0v) is 13.6. The number of halogens is 1. The van der Waals surface area contributed by atoms with Gasteiger partial charge >= 0.3 is 0 Å². The standard InChI is InChI=1S/C16H23ClN2O2/c1-16(2,3)19-15(21)12-7-9-13(10-8-12)18-14(20)6-4-5-11-17/h7-10H,4-6,11H2,1-3H3,(H,18,20)(H,19,21). The number of amides is 2. The molecule has 116 valence electrons. The summed E-state index contributed by atoms with van der Waals surface area (Å²) in [6.45, 7) is 5.79. The van der Waals surface area contributed by atoms with Crippen LogP contribution in [0.15, 0.2) is 24.3 Å². The van der Waals surface area contributed by atoms with Gasteiger partial charge in [0.25, 0.3) is 5.91 Å². The Kier molecular flexibility index (Phi) is 6.69. The van der Waals surface area contributed by atoms with Crippen molar-refractivity contribution >= 4 is 29.1 Å². The lowest BCUT2D eigenvalue weighted by atomic mass is 10.1. The van der Waals surface area contributed by atoms with Crippen LogP contribution in [0.3, 0.4) is 0 Å². The topological polar surface area (TPSA) is 58.2 Å². The Labute approximate surface area is 131 Å². The number of unbranched alkanes of at least 4 members (excludes halogenated alkanes) is 1. The minimum Gasteiger partial charge on any atom is -0.347 e. The number of nitrogens with one attached hydrogen (secondary N) is 2. The third kappa shape index (κ3) is 7.14. The Hall–Kier alpha value is -1.55. The smallest absolute Gasteiger partial charge is 0.251 e. The monoisotopic (exact) mass is 310 g/mol. The van der Waals surface area contributed by atoms with Crippen LogP contribution in [0.1, 0.15) is 50.4 Å². The maximum Gasteiger partial charge on any atom is 0.251 e. The van der Waals surface area contributed by atoms with Gasteiger partial charge in [-0.1, -0.05) is 0 Å². The van der Waals surface area contributed by atoms with Crippen molar-refractivity contribution < 1.29 is 9.59 Å². The molecular formula is C16H23ClN2O2. The van der Waals surface area contributed by atoms with Crippen LogP contribution >= 0.6 is 11.6 Å². The first-order chi connectivity index (χ1) is 9.81. The van der Waals surface area contributed by atoms with Crippen LogP contribution in [0.25, 0.3) is 0 Å². The van der Waals surface area contributed by atoms with Gasteiger partial charge < -0.3 is 10.6 Å². The van der Waals surface area contributed by atoms with Crippen molar-refractivity contribution in [1.29, 1.82) is 0 Å². The van der Waals surface area contributed by atoms with Crippen LogP contribution in [0.4, 0.5) is 5.69 Å². The second-order valence-electron chi connectivity index (χ2n) is 5.98. The van der Waals surface area contributed by atoms with Gasteiger partial charge in [0.15, 0.2) is 0 Å². The van der Waals surface area contributed by atoms with Crippen molar-refractivity contribution in [2.45, 2.75) is 45.6 Å². The van der Waals surface area contributed by atoms with E-state index in [1.165, 1.54) is 0 Å². The van der Waals surface area contributed by atoms with Gasteiger partial charge in [-0.15, -0.1) is 11.6 Å². The molecule has 0 radical (unpaired) electrons. The van der Waals surface area contributed by atoms with Gasteiger partial charge in [0.1, 0.15) is 0 Å². The lowest BCUT2D eigenvalue weighted by molar-refractivity contribution is -0.116. The molecule has 0 fully saturated rings. The van der Waals surface area contributed by atoms with E-state index in [2.05, 4.69) is 10.6 Å². The first kappa shape index (κ1) is 17.5. The molecule has 1 rings (SSSR count). The number of rotatable bonds is 6. The Bertz CT molecular complexity index is 478. The second-order valence-corrected chi connectivity index (χ2v) is 6.35. The molecule has 1 aromatic rings. The van der Waals surface area contributed by atoms with Crippen molar-refractivity contribution in [3.8, 4) is 0 Å². The molecule has 0 atom stereocenters. The fourth-order valence-corrected chi connectivity index (χ4v) is 1.91. The van der Waals surface area contributed by atoms with Gasteiger partial charge in [-0.25, -0.2) is 0 Å².